The number of amides is 1. The van der Waals surface area contributed by atoms with Gasteiger partial charge in [-0.1, -0.05) is 0 Å². The summed E-state index contributed by atoms with van der Waals surface area (Å²) in [6, 6.07) is 0. The maximum atomic E-state index is 12.0. The van der Waals surface area contributed by atoms with E-state index in [4.69, 9.17) is 4.74 Å². The standard InChI is InChI=1S/C13H28N2O3/c1-12(16)6-7-13(17)15(10-11-18-4)9-5-8-14(2)3/h12,16H,5-11H2,1-4H3. The minimum atomic E-state index is -0.417. The molecular weight excluding hydrogens is 232 g/mol. The Morgan fingerprint density at radius 2 is 1.94 bits per heavy atom. The van der Waals surface area contributed by atoms with Gasteiger partial charge in [-0.3, -0.25) is 4.79 Å². The third kappa shape index (κ3) is 9.39. The molecule has 5 heteroatoms. The third-order valence-electron chi connectivity index (χ3n) is 2.73. The van der Waals surface area contributed by atoms with Gasteiger partial charge in [0.05, 0.1) is 12.7 Å². The minimum Gasteiger partial charge on any atom is -0.393 e. The molecule has 0 aromatic heterocycles. The van der Waals surface area contributed by atoms with Gasteiger partial charge in [-0.05, 0) is 40.4 Å². The van der Waals surface area contributed by atoms with E-state index in [0.29, 0.717) is 26.0 Å². The van der Waals surface area contributed by atoms with E-state index < -0.39 is 6.10 Å². The van der Waals surface area contributed by atoms with Gasteiger partial charge < -0.3 is 19.6 Å². The van der Waals surface area contributed by atoms with Crippen LogP contribution in [0, 0.1) is 0 Å². The summed E-state index contributed by atoms with van der Waals surface area (Å²) in [6.07, 6.45) is 1.47. The zero-order chi connectivity index (χ0) is 14.0. The van der Waals surface area contributed by atoms with E-state index in [0.717, 1.165) is 19.5 Å². The average Bonchev–Trinajstić information content (AvgIpc) is 2.30. The molecule has 0 bridgehead atoms. The van der Waals surface area contributed by atoms with Crippen molar-refractivity contribution in [2.75, 3.05) is 47.4 Å². The van der Waals surface area contributed by atoms with Crippen LogP contribution in [0.4, 0.5) is 0 Å². The molecule has 0 heterocycles. The molecule has 0 radical (unpaired) electrons. The van der Waals surface area contributed by atoms with Crippen LogP contribution in [0.1, 0.15) is 26.2 Å². The van der Waals surface area contributed by atoms with Crippen LogP contribution in [0.25, 0.3) is 0 Å². The fourth-order valence-corrected chi connectivity index (χ4v) is 1.63. The minimum absolute atomic E-state index is 0.103. The number of rotatable bonds is 10. The second-order valence-electron chi connectivity index (χ2n) is 4.92. The van der Waals surface area contributed by atoms with Gasteiger partial charge in [0.1, 0.15) is 0 Å². The van der Waals surface area contributed by atoms with Crippen molar-refractivity contribution in [3.8, 4) is 0 Å². The molecule has 5 nitrogen and oxygen atoms in total. The van der Waals surface area contributed by atoms with Crippen LogP contribution in [-0.2, 0) is 9.53 Å². The Morgan fingerprint density at radius 1 is 1.28 bits per heavy atom. The first-order chi connectivity index (χ1) is 8.47. The van der Waals surface area contributed by atoms with Crippen molar-refractivity contribution in [2.24, 2.45) is 0 Å². The van der Waals surface area contributed by atoms with E-state index in [1.807, 2.05) is 19.0 Å². The Hall–Kier alpha value is -0.650. The smallest absolute Gasteiger partial charge is 0.222 e. The van der Waals surface area contributed by atoms with Gasteiger partial charge in [0.2, 0.25) is 5.91 Å². The van der Waals surface area contributed by atoms with E-state index >= 15 is 0 Å². The van der Waals surface area contributed by atoms with Gasteiger partial charge >= 0.3 is 0 Å². The first kappa shape index (κ1) is 17.4. The highest BCUT2D eigenvalue weighted by molar-refractivity contribution is 5.76. The molecule has 1 unspecified atom stereocenters. The lowest BCUT2D eigenvalue weighted by atomic mass is 10.2. The quantitative estimate of drug-likeness (QED) is 0.624. The summed E-state index contributed by atoms with van der Waals surface area (Å²) in [5.74, 6) is 0.103. The Labute approximate surface area is 111 Å². The SMILES string of the molecule is COCCN(CCCN(C)C)C(=O)CCC(C)O. The second-order valence-corrected chi connectivity index (χ2v) is 4.92. The average molecular weight is 260 g/mol. The summed E-state index contributed by atoms with van der Waals surface area (Å²) in [7, 11) is 5.68. The molecule has 0 fully saturated rings. The van der Waals surface area contributed by atoms with Crippen molar-refractivity contribution in [2.45, 2.75) is 32.3 Å². The van der Waals surface area contributed by atoms with Crippen LogP contribution in [0.3, 0.4) is 0 Å². The van der Waals surface area contributed by atoms with Crippen LogP contribution < -0.4 is 0 Å². The number of ether oxygens (including phenoxy) is 1. The topological polar surface area (TPSA) is 53.0 Å². The van der Waals surface area contributed by atoms with E-state index in [2.05, 4.69) is 4.90 Å². The molecule has 0 aliphatic rings. The predicted octanol–water partition coefficient (Wildman–Crippen LogP) is 0.574. The molecule has 1 amide bonds. The highest BCUT2D eigenvalue weighted by Gasteiger charge is 2.13. The lowest BCUT2D eigenvalue weighted by molar-refractivity contribution is -0.132. The van der Waals surface area contributed by atoms with Crippen LogP contribution in [0.15, 0.2) is 0 Å². The molecule has 0 aliphatic heterocycles. The van der Waals surface area contributed by atoms with Crippen molar-refractivity contribution in [3.63, 3.8) is 0 Å². The maximum absolute atomic E-state index is 12.0. The number of hydrogen-bond donors (Lipinski definition) is 1. The number of aliphatic hydroxyl groups is 1. The van der Waals surface area contributed by atoms with Gasteiger partial charge in [0.25, 0.3) is 0 Å². The molecule has 0 aliphatic carbocycles. The molecule has 0 aromatic carbocycles. The summed E-state index contributed by atoms with van der Waals surface area (Å²) in [5, 5.41) is 9.21. The number of carbonyl (C=O) groups is 1. The predicted molar refractivity (Wildman–Crippen MR) is 72.5 cm³/mol. The van der Waals surface area contributed by atoms with Gasteiger partial charge in [0.15, 0.2) is 0 Å². The van der Waals surface area contributed by atoms with Gasteiger partial charge in [-0.15, -0.1) is 0 Å². The maximum Gasteiger partial charge on any atom is 0.222 e. The summed E-state index contributed by atoms with van der Waals surface area (Å²) in [5.41, 5.74) is 0. The molecule has 108 valence electrons. The van der Waals surface area contributed by atoms with E-state index in [-0.39, 0.29) is 5.91 Å². The van der Waals surface area contributed by atoms with Crippen molar-refractivity contribution in [1.82, 2.24) is 9.80 Å². The molecule has 0 saturated carbocycles. The van der Waals surface area contributed by atoms with Crippen LogP contribution in [0.5, 0.6) is 0 Å². The number of nitrogens with zero attached hydrogens (tertiary/aromatic N) is 2. The normalized spacial score (nSPS) is 12.8. The monoisotopic (exact) mass is 260 g/mol. The van der Waals surface area contributed by atoms with Gasteiger partial charge in [-0.2, -0.15) is 0 Å². The molecule has 1 N–H and O–H groups in total. The Morgan fingerprint density at radius 3 is 2.44 bits per heavy atom. The van der Waals surface area contributed by atoms with Crippen LogP contribution >= 0.6 is 0 Å². The third-order valence-corrected chi connectivity index (χ3v) is 2.73. The first-order valence-corrected chi connectivity index (χ1v) is 6.57. The molecule has 18 heavy (non-hydrogen) atoms. The zero-order valence-electron chi connectivity index (χ0n) is 12.2. The van der Waals surface area contributed by atoms with E-state index in [1.54, 1.807) is 14.0 Å². The summed E-state index contributed by atoms with van der Waals surface area (Å²) >= 11 is 0. The summed E-state index contributed by atoms with van der Waals surface area (Å²) in [4.78, 5) is 15.9. The van der Waals surface area contributed by atoms with E-state index in [1.165, 1.54) is 0 Å². The lowest BCUT2D eigenvalue weighted by Gasteiger charge is -2.23. The van der Waals surface area contributed by atoms with Crippen molar-refractivity contribution in [3.05, 3.63) is 0 Å². The van der Waals surface area contributed by atoms with Crippen LogP contribution in [0.2, 0.25) is 0 Å². The molecular formula is C13H28N2O3. The molecule has 0 rings (SSSR count). The fraction of sp³-hybridized carbons (Fsp3) is 0.923. The summed E-state index contributed by atoms with van der Waals surface area (Å²) in [6.45, 7) is 4.61. The van der Waals surface area contributed by atoms with E-state index in [9.17, 15) is 9.90 Å². The first-order valence-electron chi connectivity index (χ1n) is 6.57. The Bertz CT molecular complexity index is 220. The lowest BCUT2D eigenvalue weighted by Crippen LogP contribution is -2.36. The number of hydrogen-bond acceptors (Lipinski definition) is 4. The Balaban J connectivity index is 4.06. The zero-order valence-corrected chi connectivity index (χ0v) is 12.2. The second kappa shape index (κ2) is 10.3. The summed E-state index contributed by atoms with van der Waals surface area (Å²) < 4.78 is 5.02. The highest BCUT2D eigenvalue weighted by atomic mass is 16.5. The van der Waals surface area contributed by atoms with Crippen molar-refractivity contribution in [1.29, 1.82) is 0 Å². The molecule has 0 aromatic rings. The number of aliphatic hydroxyl groups excluding tert-OH is 1. The fourth-order valence-electron chi connectivity index (χ4n) is 1.63. The van der Waals surface area contributed by atoms with Gasteiger partial charge in [-0.25, -0.2) is 0 Å². The van der Waals surface area contributed by atoms with Crippen molar-refractivity contribution >= 4 is 5.91 Å². The van der Waals surface area contributed by atoms with Gasteiger partial charge in [0, 0.05) is 26.6 Å². The Kier molecular flexibility index (Phi) is 9.92. The number of carbonyl (C=O) groups excluding carboxylic acids is 1. The highest BCUT2D eigenvalue weighted by Crippen LogP contribution is 2.03. The largest absolute Gasteiger partial charge is 0.393 e. The van der Waals surface area contributed by atoms with Crippen molar-refractivity contribution < 1.29 is 14.6 Å². The van der Waals surface area contributed by atoms with Crippen LogP contribution in [-0.4, -0.2) is 74.4 Å². The molecule has 0 saturated heterocycles. The number of methoxy groups -OCH3 is 1. The molecule has 0 spiro atoms. The molecule has 1 atom stereocenters.